The van der Waals surface area contributed by atoms with Crippen molar-refractivity contribution in [3.63, 3.8) is 0 Å². The molecule has 0 aliphatic rings. The minimum atomic E-state index is -0.260. The van der Waals surface area contributed by atoms with Crippen molar-refractivity contribution in [3.05, 3.63) is 23.5 Å². The molecule has 1 aromatic heterocycles. The second-order valence-corrected chi connectivity index (χ2v) is 7.48. The van der Waals surface area contributed by atoms with E-state index >= 15 is 0 Å². The number of pyridine rings is 1. The lowest BCUT2D eigenvalue weighted by atomic mass is 9.81. The summed E-state index contributed by atoms with van der Waals surface area (Å²) in [5, 5.41) is 6.36. The van der Waals surface area contributed by atoms with E-state index in [0.29, 0.717) is 5.56 Å². The summed E-state index contributed by atoms with van der Waals surface area (Å²) in [7, 11) is 0. The Balaban J connectivity index is 2.94. The number of hydrogen-bond donors (Lipinski definition) is 2. The number of carbonyl (C=O) groups excluding carboxylic acids is 1. The van der Waals surface area contributed by atoms with Crippen molar-refractivity contribution in [2.24, 2.45) is 5.41 Å². The van der Waals surface area contributed by atoms with Crippen LogP contribution in [0.15, 0.2) is 12.3 Å². The van der Waals surface area contributed by atoms with E-state index in [9.17, 15) is 4.79 Å². The molecular weight excluding hydrogens is 262 g/mol. The third-order valence-corrected chi connectivity index (χ3v) is 3.08. The van der Waals surface area contributed by atoms with Gasteiger partial charge in [-0.1, -0.05) is 20.8 Å². The number of nitrogens with one attached hydrogen (secondary N) is 2. The normalized spacial score (nSPS) is 12.1. The van der Waals surface area contributed by atoms with E-state index in [1.54, 1.807) is 6.20 Å². The van der Waals surface area contributed by atoms with Crippen molar-refractivity contribution in [2.75, 3.05) is 11.9 Å². The maximum absolute atomic E-state index is 12.6. The molecule has 1 heterocycles. The molecule has 4 heteroatoms. The van der Waals surface area contributed by atoms with Gasteiger partial charge < -0.3 is 10.6 Å². The van der Waals surface area contributed by atoms with Crippen LogP contribution in [0.3, 0.4) is 0 Å². The lowest BCUT2D eigenvalue weighted by Gasteiger charge is -2.33. The quantitative estimate of drug-likeness (QED) is 0.868. The van der Waals surface area contributed by atoms with Crippen LogP contribution >= 0.6 is 0 Å². The van der Waals surface area contributed by atoms with Gasteiger partial charge in [-0.3, -0.25) is 9.78 Å². The molecule has 0 aliphatic carbocycles. The van der Waals surface area contributed by atoms with Crippen molar-refractivity contribution >= 4 is 11.6 Å². The van der Waals surface area contributed by atoms with Gasteiger partial charge in [0.25, 0.3) is 5.91 Å². The number of hydrogen-bond acceptors (Lipinski definition) is 3. The summed E-state index contributed by atoms with van der Waals surface area (Å²) in [6, 6.07) is 1.91. The minimum Gasteiger partial charge on any atom is -0.385 e. The van der Waals surface area contributed by atoms with Gasteiger partial charge >= 0.3 is 0 Å². The van der Waals surface area contributed by atoms with Gasteiger partial charge in [-0.25, -0.2) is 0 Å². The maximum Gasteiger partial charge on any atom is 0.255 e. The Morgan fingerprint density at radius 2 is 1.86 bits per heavy atom. The summed E-state index contributed by atoms with van der Waals surface area (Å²) in [6.45, 7) is 15.4. The highest BCUT2D eigenvalue weighted by Gasteiger charge is 2.28. The molecule has 0 aromatic carbocycles. The van der Waals surface area contributed by atoms with Gasteiger partial charge in [-0.15, -0.1) is 0 Å². The van der Waals surface area contributed by atoms with Gasteiger partial charge in [-0.2, -0.15) is 0 Å². The van der Waals surface area contributed by atoms with Gasteiger partial charge in [0, 0.05) is 24.0 Å². The predicted octanol–water partition coefficient (Wildman–Crippen LogP) is 3.77. The molecule has 0 fully saturated rings. The fraction of sp³-hybridized carbons (Fsp3) is 0.647. The van der Waals surface area contributed by atoms with Crippen LogP contribution in [0.5, 0.6) is 0 Å². The van der Waals surface area contributed by atoms with Crippen LogP contribution in [-0.2, 0) is 0 Å². The van der Waals surface area contributed by atoms with Crippen molar-refractivity contribution in [2.45, 2.75) is 60.4 Å². The summed E-state index contributed by atoms with van der Waals surface area (Å²) in [5.41, 5.74) is 2.24. The maximum atomic E-state index is 12.6. The van der Waals surface area contributed by atoms with Gasteiger partial charge in [0.15, 0.2) is 0 Å². The standard InChI is InChI=1S/C17H29N3O/c1-8-18-14-9-12(2)19-10-13(14)15(21)20-17(6,7)11-16(3,4)5/h9-10H,8,11H2,1-7H3,(H,18,19)(H,20,21). The topological polar surface area (TPSA) is 54.0 Å². The molecule has 0 radical (unpaired) electrons. The molecule has 0 atom stereocenters. The molecule has 0 saturated heterocycles. The first-order valence-electron chi connectivity index (χ1n) is 7.57. The van der Waals surface area contributed by atoms with Crippen LogP contribution in [0.25, 0.3) is 0 Å². The van der Waals surface area contributed by atoms with E-state index < -0.39 is 0 Å². The highest BCUT2D eigenvalue weighted by atomic mass is 16.1. The molecule has 1 aromatic rings. The Morgan fingerprint density at radius 3 is 2.38 bits per heavy atom. The third kappa shape index (κ3) is 5.74. The number of anilines is 1. The average Bonchev–Trinajstić information content (AvgIpc) is 2.24. The monoisotopic (exact) mass is 291 g/mol. The largest absolute Gasteiger partial charge is 0.385 e. The van der Waals surface area contributed by atoms with Crippen LogP contribution in [0.4, 0.5) is 5.69 Å². The van der Waals surface area contributed by atoms with Gasteiger partial charge in [0.05, 0.1) is 11.3 Å². The van der Waals surface area contributed by atoms with E-state index in [2.05, 4.69) is 50.2 Å². The lowest BCUT2D eigenvalue weighted by Crippen LogP contribution is -2.46. The molecule has 2 N–H and O–H groups in total. The number of carbonyl (C=O) groups is 1. The predicted molar refractivity (Wildman–Crippen MR) is 88.8 cm³/mol. The van der Waals surface area contributed by atoms with E-state index in [1.165, 1.54) is 0 Å². The van der Waals surface area contributed by atoms with Crippen molar-refractivity contribution in [1.29, 1.82) is 0 Å². The molecule has 0 unspecified atom stereocenters. The number of nitrogens with zero attached hydrogens (tertiary/aromatic N) is 1. The number of rotatable bonds is 5. The van der Waals surface area contributed by atoms with Gasteiger partial charge in [0.1, 0.15) is 0 Å². The van der Waals surface area contributed by atoms with Crippen LogP contribution in [0.2, 0.25) is 0 Å². The summed E-state index contributed by atoms with van der Waals surface area (Å²) in [5.74, 6) is -0.0762. The van der Waals surface area contributed by atoms with Gasteiger partial charge in [0.2, 0.25) is 0 Å². The summed E-state index contributed by atoms with van der Waals surface area (Å²) < 4.78 is 0. The number of aromatic nitrogens is 1. The molecule has 1 amide bonds. The molecular formula is C17H29N3O. The lowest BCUT2D eigenvalue weighted by molar-refractivity contribution is 0.0892. The van der Waals surface area contributed by atoms with E-state index in [0.717, 1.165) is 24.3 Å². The zero-order valence-corrected chi connectivity index (χ0v) is 14.4. The SMILES string of the molecule is CCNc1cc(C)ncc1C(=O)NC(C)(C)CC(C)(C)C. The van der Waals surface area contributed by atoms with E-state index in [-0.39, 0.29) is 16.9 Å². The molecule has 0 bridgehead atoms. The molecule has 1 rings (SSSR count). The second-order valence-electron chi connectivity index (χ2n) is 7.48. The Hall–Kier alpha value is -1.58. The van der Waals surface area contributed by atoms with Crippen molar-refractivity contribution in [1.82, 2.24) is 10.3 Å². The molecule has 0 aliphatic heterocycles. The zero-order valence-electron chi connectivity index (χ0n) is 14.4. The zero-order chi connectivity index (χ0) is 16.3. The first kappa shape index (κ1) is 17.5. The molecule has 0 spiro atoms. The van der Waals surface area contributed by atoms with Crippen molar-refractivity contribution < 1.29 is 4.79 Å². The number of aryl methyl sites for hydroxylation is 1. The van der Waals surface area contributed by atoms with Crippen LogP contribution < -0.4 is 10.6 Å². The smallest absolute Gasteiger partial charge is 0.255 e. The first-order valence-corrected chi connectivity index (χ1v) is 7.57. The summed E-state index contributed by atoms with van der Waals surface area (Å²) in [4.78, 5) is 16.8. The Morgan fingerprint density at radius 1 is 1.24 bits per heavy atom. The fourth-order valence-electron chi connectivity index (χ4n) is 2.82. The second kappa shape index (κ2) is 6.46. The summed E-state index contributed by atoms with van der Waals surface area (Å²) >= 11 is 0. The first-order chi connectivity index (χ1) is 9.54. The summed E-state index contributed by atoms with van der Waals surface area (Å²) in [6.07, 6.45) is 2.55. The van der Waals surface area contributed by atoms with Crippen LogP contribution in [0, 0.1) is 12.3 Å². The fourth-order valence-corrected chi connectivity index (χ4v) is 2.82. The van der Waals surface area contributed by atoms with Crippen LogP contribution in [0.1, 0.15) is 64.0 Å². The minimum absolute atomic E-state index is 0.0762. The highest BCUT2D eigenvalue weighted by Crippen LogP contribution is 2.27. The number of amides is 1. The molecule has 0 saturated carbocycles. The average molecular weight is 291 g/mol. The molecule has 118 valence electrons. The Kier molecular flexibility index (Phi) is 5.37. The van der Waals surface area contributed by atoms with Crippen LogP contribution in [-0.4, -0.2) is 23.0 Å². The highest BCUT2D eigenvalue weighted by molar-refractivity contribution is 5.99. The van der Waals surface area contributed by atoms with Crippen molar-refractivity contribution in [3.8, 4) is 0 Å². The molecule has 4 nitrogen and oxygen atoms in total. The van der Waals surface area contributed by atoms with Gasteiger partial charge in [-0.05, 0) is 45.6 Å². The van der Waals surface area contributed by atoms with E-state index in [4.69, 9.17) is 0 Å². The van der Waals surface area contributed by atoms with E-state index in [1.807, 2.05) is 19.9 Å². The third-order valence-electron chi connectivity index (χ3n) is 3.08. The Labute approximate surface area is 128 Å². The Bertz CT molecular complexity index is 501. The molecule has 21 heavy (non-hydrogen) atoms.